The number of carboxylic acids is 1. The van der Waals surface area contributed by atoms with Crippen LogP contribution in [0.5, 0.6) is 0 Å². The summed E-state index contributed by atoms with van der Waals surface area (Å²) in [4.78, 5) is 10.9. The molecule has 0 spiro atoms. The van der Waals surface area contributed by atoms with Crippen LogP contribution in [0.2, 0.25) is 0 Å². The van der Waals surface area contributed by atoms with Gasteiger partial charge in [0.25, 0.3) is 0 Å². The van der Waals surface area contributed by atoms with Crippen molar-refractivity contribution in [3.05, 3.63) is 18.0 Å². The van der Waals surface area contributed by atoms with Crippen LogP contribution in [0.4, 0.5) is 0 Å². The van der Waals surface area contributed by atoms with Crippen LogP contribution in [0, 0.1) is 0 Å². The highest BCUT2D eigenvalue weighted by molar-refractivity contribution is 7.89. The van der Waals surface area contributed by atoms with Crippen molar-refractivity contribution < 1.29 is 18.3 Å². The van der Waals surface area contributed by atoms with E-state index < -0.39 is 16.0 Å². The third-order valence-corrected chi connectivity index (χ3v) is 3.73. The van der Waals surface area contributed by atoms with E-state index in [1.54, 1.807) is 0 Å². The van der Waals surface area contributed by atoms with Gasteiger partial charge in [-0.25, -0.2) is 17.9 Å². The second-order valence-corrected chi connectivity index (χ2v) is 5.51. The Bertz CT molecular complexity index is 521. The molecule has 0 fully saturated rings. The van der Waals surface area contributed by atoms with Crippen LogP contribution in [0.3, 0.4) is 0 Å². The predicted molar refractivity (Wildman–Crippen MR) is 65.9 cm³/mol. The molecule has 0 aliphatic rings. The molecule has 0 bridgehead atoms. The van der Waals surface area contributed by atoms with Crippen molar-refractivity contribution in [3.8, 4) is 0 Å². The highest BCUT2D eigenvalue weighted by Crippen LogP contribution is 2.15. The Morgan fingerprint density at radius 2 is 2.22 bits per heavy atom. The third-order valence-electron chi connectivity index (χ3n) is 2.30. The van der Waals surface area contributed by atoms with Gasteiger partial charge in [-0.3, -0.25) is 0 Å². The summed E-state index contributed by atoms with van der Waals surface area (Å²) in [5.74, 6) is -1.15. The zero-order valence-electron chi connectivity index (χ0n) is 10.1. The number of nitrogens with zero attached hydrogens (tertiary/aromatic N) is 1. The molecule has 0 saturated carbocycles. The topological polar surface area (TPSA) is 114 Å². The van der Waals surface area contributed by atoms with Gasteiger partial charge in [0, 0.05) is 25.8 Å². The first-order valence-electron chi connectivity index (χ1n) is 5.55. The molecule has 4 N–H and O–H groups in total. The first-order chi connectivity index (χ1) is 8.42. The summed E-state index contributed by atoms with van der Waals surface area (Å²) in [5, 5.41) is 8.99. The van der Waals surface area contributed by atoms with E-state index in [9.17, 15) is 13.2 Å². The molecule has 1 aromatic rings. The smallest absolute Gasteiger partial charge is 0.352 e. The van der Waals surface area contributed by atoms with Crippen molar-refractivity contribution in [3.63, 3.8) is 0 Å². The molecule has 0 aliphatic carbocycles. The molecule has 0 amide bonds. The minimum Gasteiger partial charge on any atom is -0.477 e. The van der Waals surface area contributed by atoms with Gasteiger partial charge in [0.1, 0.15) is 10.6 Å². The summed E-state index contributed by atoms with van der Waals surface area (Å²) in [6, 6.07) is 1.15. The maximum Gasteiger partial charge on any atom is 0.352 e. The normalized spacial score (nSPS) is 11.7. The Morgan fingerprint density at radius 1 is 1.56 bits per heavy atom. The van der Waals surface area contributed by atoms with Gasteiger partial charge in [0.05, 0.1) is 0 Å². The number of hydrogen-bond acceptors (Lipinski definition) is 4. The molecule has 7 nitrogen and oxygen atoms in total. The zero-order valence-corrected chi connectivity index (χ0v) is 10.9. The summed E-state index contributed by atoms with van der Waals surface area (Å²) in [6.07, 6.45) is 2.04. The molecular weight excluding hydrogens is 258 g/mol. The van der Waals surface area contributed by atoms with Crippen molar-refractivity contribution >= 4 is 16.0 Å². The predicted octanol–water partition coefficient (Wildman–Crippen LogP) is -0.167. The van der Waals surface area contributed by atoms with Gasteiger partial charge in [-0.2, -0.15) is 0 Å². The van der Waals surface area contributed by atoms with Crippen molar-refractivity contribution in [2.24, 2.45) is 5.73 Å². The molecule has 0 radical (unpaired) electrons. The second-order valence-electron chi connectivity index (χ2n) is 3.75. The average molecular weight is 275 g/mol. The first kappa shape index (κ1) is 14.7. The van der Waals surface area contributed by atoms with E-state index in [-0.39, 0.29) is 23.7 Å². The lowest BCUT2D eigenvalue weighted by molar-refractivity contribution is 0.0685. The molecule has 18 heavy (non-hydrogen) atoms. The van der Waals surface area contributed by atoms with Crippen LogP contribution >= 0.6 is 0 Å². The Hall–Kier alpha value is -1.38. The highest BCUT2D eigenvalue weighted by atomic mass is 32.2. The van der Waals surface area contributed by atoms with Gasteiger partial charge in [-0.15, -0.1) is 0 Å². The molecule has 0 aromatic carbocycles. The Kier molecular flexibility index (Phi) is 4.88. The van der Waals surface area contributed by atoms with E-state index in [1.807, 2.05) is 6.92 Å². The maximum absolute atomic E-state index is 11.8. The van der Waals surface area contributed by atoms with E-state index in [1.165, 1.54) is 10.8 Å². The van der Waals surface area contributed by atoms with Crippen molar-refractivity contribution in [2.45, 2.75) is 24.8 Å². The lowest BCUT2D eigenvalue weighted by Gasteiger charge is -2.03. The Labute approximate surface area is 106 Å². The minimum absolute atomic E-state index is 0.0371. The number of aryl methyl sites for hydroxylation is 1. The van der Waals surface area contributed by atoms with Gasteiger partial charge in [-0.05, 0) is 12.5 Å². The standard InChI is InChI=1S/C10H17N3O4S/c1-2-5-13-7-8(6-9(13)10(14)15)18(16,17)12-4-3-11/h6-7,12H,2-5,11H2,1H3,(H,14,15). The number of hydrogen-bond donors (Lipinski definition) is 3. The van der Waals surface area contributed by atoms with E-state index >= 15 is 0 Å². The maximum atomic E-state index is 11.8. The fourth-order valence-corrected chi connectivity index (χ4v) is 2.60. The average Bonchev–Trinajstić information content (AvgIpc) is 2.72. The van der Waals surface area contributed by atoms with E-state index in [0.717, 1.165) is 6.07 Å². The van der Waals surface area contributed by atoms with Crippen LogP contribution in [-0.4, -0.2) is 37.2 Å². The molecule has 0 aliphatic heterocycles. The number of aromatic carboxylic acids is 1. The third kappa shape index (κ3) is 3.31. The van der Waals surface area contributed by atoms with Gasteiger partial charge in [-0.1, -0.05) is 6.92 Å². The van der Waals surface area contributed by atoms with Crippen molar-refractivity contribution in [1.29, 1.82) is 0 Å². The van der Waals surface area contributed by atoms with Gasteiger partial charge in [0.2, 0.25) is 10.0 Å². The van der Waals surface area contributed by atoms with E-state index in [4.69, 9.17) is 10.8 Å². The number of nitrogens with one attached hydrogen (secondary N) is 1. The monoisotopic (exact) mass is 275 g/mol. The summed E-state index contributed by atoms with van der Waals surface area (Å²) in [6.45, 7) is 2.63. The molecule has 0 atom stereocenters. The summed E-state index contributed by atoms with van der Waals surface area (Å²) in [5.41, 5.74) is 5.18. The summed E-state index contributed by atoms with van der Waals surface area (Å²) >= 11 is 0. The number of nitrogens with two attached hydrogens (primary N) is 1. The van der Waals surface area contributed by atoms with Crippen LogP contribution in [0.25, 0.3) is 0 Å². The van der Waals surface area contributed by atoms with Crippen LogP contribution in [0.15, 0.2) is 17.2 Å². The van der Waals surface area contributed by atoms with Gasteiger partial charge >= 0.3 is 5.97 Å². The fraction of sp³-hybridized carbons (Fsp3) is 0.500. The summed E-state index contributed by atoms with van der Waals surface area (Å²) < 4.78 is 27.3. The second kappa shape index (κ2) is 5.98. The lowest BCUT2D eigenvalue weighted by atomic mass is 10.4. The molecular formula is C10H17N3O4S. The number of carboxylic acid groups (broad SMARTS) is 1. The molecule has 0 saturated heterocycles. The Morgan fingerprint density at radius 3 is 2.72 bits per heavy atom. The number of sulfonamides is 1. The van der Waals surface area contributed by atoms with E-state index in [2.05, 4.69) is 4.72 Å². The van der Waals surface area contributed by atoms with Gasteiger partial charge < -0.3 is 15.4 Å². The molecule has 0 unspecified atom stereocenters. The van der Waals surface area contributed by atoms with Gasteiger partial charge in [0.15, 0.2) is 0 Å². The lowest BCUT2D eigenvalue weighted by Crippen LogP contribution is -2.28. The number of carbonyl (C=O) groups is 1. The molecule has 102 valence electrons. The minimum atomic E-state index is -3.69. The first-order valence-corrected chi connectivity index (χ1v) is 7.04. The number of rotatable bonds is 7. The largest absolute Gasteiger partial charge is 0.477 e. The molecule has 1 heterocycles. The molecule has 8 heteroatoms. The quantitative estimate of drug-likeness (QED) is 0.639. The van der Waals surface area contributed by atoms with Crippen LogP contribution in [0.1, 0.15) is 23.8 Å². The van der Waals surface area contributed by atoms with E-state index in [0.29, 0.717) is 13.0 Å². The Balaban J connectivity index is 3.11. The summed E-state index contributed by atoms with van der Waals surface area (Å²) in [7, 11) is -3.69. The van der Waals surface area contributed by atoms with Crippen LogP contribution in [-0.2, 0) is 16.6 Å². The fourth-order valence-electron chi connectivity index (χ4n) is 1.51. The van der Waals surface area contributed by atoms with Crippen LogP contribution < -0.4 is 10.5 Å². The highest BCUT2D eigenvalue weighted by Gasteiger charge is 2.20. The molecule has 1 aromatic heterocycles. The molecule has 1 rings (SSSR count). The van der Waals surface area contributed by atoms with Crippen molar-refractivity contribution in [2.75, 3.05) is 13.1 Å². The van der Waals surface area contributed by atoms with Crippen molar-refractivity contribution in [1.82, 2.24) is 9.29 Å². The number of aromatic nitrogens is 1. The SMILES string of the molecule is CCCn1cc(S(=O)(=O)NCCN)cc1C(=O)O. The zero-order chi connectivity index (χ0) is 13.8.